The highest BCUT2D eigenvalue weighted by atomic mass is 19.4. The van der Waals surface area contributed by atoms with Crippen LogP contribution < -0.4 is 0 Å². The molecular formula is C19H35F3. The molecule has 0 spiro atoms. The van der Waals surface area contributed by atoms with Crippen molar-refractivity contribution in [3.05, 3.63) is 35.4 Å². The van der Waals surface area contributed by atoms with Gasteiger partial charge in [0.2, 0.25) is 0 Å². The third-order valence-electron chi connectivity index (χ3n) is 3.24. The molecule has 0 amide bonds. The number of hydrogen-bond donors (Lipinski definition) is 0. The Balaban J connectivity index is -0.000000288. The van der Waals surface area contributed by atoms with Crippen molar-refractivity contribution in [3.63, 3.8) is 0 Å². The van der Waals surface area contributed by atoms with Crippen molar-refractivity contribution in [2.45, 2.75) is 80.8 Å². The van der Waals surface area contributed by atoms with Gasteiger partial charge in [0.15, 0.2) is 0 Å². The van der Waals surface area contributed by atoms with Gasteiger partial charge in [0.1, 0.15) is 0 Å². The van der Waals surface area contributed by atoms with Gasteiger partial charge in [-0.25, -0.2) is 0 Å². The minimum Gasteiger partial charge on any atom is -0.166 e. The summed E-state index contributed by atoms with van der Waals surface area (Å²) in [4.78, 5) is 0. The van der Waals surface area contributed by atoms with Crippen LogP contribution in [0.5, 0.6) is 0 Å². The largest absolute Gasteiger partial charge is 0.416 e. The van der Waals surface area contributed by atoms with E-state index in [1.807, 2.05) is 13.8 Å². The average Bonchev–Trinajstić information content (AvgIpc) is 2.42. The second-order valence-corrected chi connectivity index (χ2v) is 5.11. The van der Waals surface area contributed by atoms with Gasteiger partial charge < -0.3 is 0 Å². The van der Waals surface area contributed by atoms with Crippen molar-refractivity contribution in [3.8, 4) is 0 Å². The minimum atomic E-state index is -4.22. The van der Waals surface area contributed by atoms with Gasteiger partial charge in [0, 0.05) is 0 Å². The number of rotatable bonds is 0. The third-order valence-corrected chi connectivity index (χ3v) is 3.24. The topological polar surface area (TPSA) is 0 Å². The Kier molecular flexibility index (Phi) is 16.1. The fraction of sp³-hybridized carbons (Fsp3) is 0.684. The van der Waals surface area contributed by atoms with Crippen LogP contribution in [0.3, 0.4) is 0 Å². The first-order valence-electron chi connectivity index (χ1n) is 7.53. The van der Waals surface area contributed by atoms with Crippen molar-refractivity contribution >= 4 is 0 Å². The van der Waals surface area contributed by atoms with Gasteiger partial charge in [-0.1, -0.05) is 91.5 Å². The van der Waals surface area contributed by atoms with Gasteiger partial charge in [0.25, 0.3) is 0 Å². The lowest BCUT2D eigenvalue weighted by Gasteiger charge is -2.15. The van der Waals surface area contributed by atoms with Crippen LogP contribution in [0.4, 0.5) is 13.2 Å². The van der Waals surface area contributed by atoms with Gasteiger partial charge in [-0.3, -0.25) is 0 Å². The standard InChI is InChI=1S/C8H7F3.C7H14.C2H6.2CH4/c1-6-3-2-4-7(5-6)8(9,10)11;1-7-5-3-2-4-6-7;1-2;;/h2-5H,1H3;7H,2-6H2,1H3;1-2H3;2*1H4. The molecule has 0 radical (unpaired) electrons. The van der Waals surface area contributed by atoms with E-state index in [1.54, 1.807) is 13.0 Å². The molecule has 1 fully saturated rings. The monoisotopic (exact) mass is 320 g/mol. The van der Waals surface area contributed by atoms with Crippen LogP contribution in [0.15, 0.2) is 24.3 Å². The number of halogens is 3. The quantitative estimate of drug-likeness (QED) is 0.455. The SMILES string of the molecule is C.C.CC.CC1CCCCC1.Cc1cccc(C(F)(F)F)c1. The zero-order chi connectivity index (χ0) is 15.6. The molecule has 22 heavy (non-hydrogen) atoms. The summed E-state index contributed by atoms with van der Waals surface area (Å²) in [6.45, 7) is 7.99. The van der Waals surface area contributed by atoms with Crippen LogP contribution in [-0.4, -0.2) is 0 Å². The summed E-state index contributed by atoms with van der Waals surface area (Å²) in [5.74, 6) is 1.04. The molecule has 0 aromatic heterocycles. The van der Waals surface area contributed by atoms with E-state index in [4.69, 9.17) is 0 Å². The summed E-state index contributed by atoms with van der Waals surface area (Å²) in [5, 5.41) is 0. The van der Waals surface area contributed by atoms with Crippen LogP contribution in [0, 0.1) is 12.8 Å². The summed E-state index contributed by atoms with van der Waals surface area (Å²) in [5.41, 5.74) is 0.0392. The van der Waals surface area contributed by atoms with Crippen molar-refractivity contribution in [2.75, 3.05) is 0 Å². The number of aryl methyl sites for hydroxylation is 1. The van der Waals surface area contributed by atoms with E-state index >= 15 is 0 Å². The van der Waals surface area contributed by atoms with E-state index in [0.29, 0.717) is 5.56 Å². The molecule has 0 heterocycles. The molecule has 1 aliphatic rings. The highest BCUT2D eigenvalue weighted by Crippen LogP contribution is 2.29. The lowest BCUT2D eigenvalue weighted by molar-refractivity contribution is -0.137. The highest BCUT2D eigenvalue weighted by molar-refractivity contribution is 5.24. The number of hydrogen-bond acceptors (Lipinski definition) is 0. The second kappa shape index (κ2) is 13.7. The molecule has 2 rings (SSSR count). The number of benzene rings is 1. The van der Waals surface area contributed by atoms with Gasteiger partial charge in [-0.15, -0.1) is 0 Å². The smallest absolute Gasteiger partial charge is 0.166 e. The Morgan fingerprint density at radius 2 is 1.45 bits per heavy atom. The Bertz CT molecular complexity index is 350. The van der Waals surface area contributed by atoms with E-state index in [2.05, 4.69) is 6.92 Å². The maximum atomic E-state index is 12.0. The zero-order valence-electron chi connectivity index (χ0n) is 13.1. The van der Waals surface area contributed by atoms with E-state index in [0.717, 1.165) is 18.1 Å². The van der Waals surface area contributed by atoms with Crippen LogP contribution >= 0.6 is 0 Å². The molecule has 1 aliphatic carbocycles. The summed E-state index contributed by atoms with van der Waals surface area (Å²) >= 11 is 0. The predicted octanol–water partition coefficient (Wildman–Crippen LogP) is 7.90. The summed E-state index contributed by atoms with van der Waals surface area (Å²) < 4.78 is 35.9. The molecule has 1 aromatic rings. The highest BCUT2D eigenvalue weighted by Gasteiger charge is 2.29. The lowest BCUT2D eigenvalue weighted by Crippen LogP contribution is -2.04. The maximum absolute atomic E-state index is 12.0. The van der Waals surface area contributed by atoms with E-state index in [-0.39, 0.29) is 14.9 Å². The first-order valence-corrected chi connectivity index (χ1v) is 7.53. The normalized spacial score (nSPS) is 14.1. The fourth-order valence-electron chi connectivity index (χ4n) is 2.13. The minimum absolute atomic E-state index is 0. The van der Waals surface area contributed by atoms with Crippen molar-refractivity contribution < 1.29 is 13.2 Å². The van der Waals surface area contributed by atoms with Gasteiger partial charge in [-0.2, -0.15) is 13.2 Å². The summed E-state index contributed by atoms with van der Waals surface area (Å²) in [6, 6.07) is 5.22. The van der Waals surface area contributed by atoms with Gasteiger partial charge in [0.05, 0.1) is 5.56 Å². The first-order chi connectivity index (χ1) is 9.39. The molecule has 0 bridgehead atoms. The molecule has 132 valence electrons. The van der Waals surface area contributed by atoms with Crippen molar-refractivity contribution in [2.24, 2.45) is 5.92 Å². The van der Waals surface area contributed by atoms with E-state index < -0.39 is 11.7 Å². The predicted molar refractivity (Wildman–Crippen MR) is 93.2 cm³/mol. The Morgan fingerprint density at radius 1 is 0.955 bits per heavy atom. The van der Waals surface area contributed by atoms with Crippen LogP contribution in [-0.2, 0) is 6.18 Å². The van der Waals surface area contributed by atoms with Crippen LogP contribution in [0.2, 0.25) is 0 Å². The molecule has 0 N–H and O–H groups in total. The van der Waals surface area contributed by atoms with Crippen LogP contribution in [0.25, 0.3) is 0 Å². The third kappa shape index (κ3) is 11.6. The van der Waals surface area contributed by atoms with Crippen molar-refractivity contribution in [1.82, 2.24) is 0 Å². The molecule has 0 unspecified atom stereocenters. The van der Waals surface area contributed by atoms with E-state index in [1.165, 1.54) is 38.2 Å². The summed E-state index contributed by atoms with van der Waals surface area (Å²) in [7, 11) is 0. The fourth-order valence-corrected chi connectivity index (χ4v) is 2.13. The molecule has 0 atom stereocenters. The molecule has 0 aliphatic heterocycles. The van der Waals surface area contributed by atoms with Crippen LogP contribution in [0.1, 0.15) is 78.9 Å². The van der Waals surface area contributed by atoms with Gasteiger partial charge in [-0.05, 0) is 18.9 Å². The lowest BCUT2D eigenvalue weighted by atomic mass is 9.91. The first kappa shape index (κ1) is 25.9. The Labute approximate surface area is 136 Å². The zero-order valence-corrected chi connectivity index (χ0v) is 13.1. The summed E-state index contributed by atoms with van der Waals surface area (Å²) in [6.07, 6.45) is 3.22. The second-order valence-electron chi connectivity index (χ2n) is 5.11. The average molecular weight is 320 g/mol. The van der Waals surface area contributed by atoms with Crippen molar-refractivity contribution in [1.29, 1.82) is 0 Å². The Hall–Kier alpha value is -0.990. The molecule has 3 heteroatoms. The maximum Gasteiger partial charge on any atom is 0.416 e. The molecule has 1 saturated carbocycles. The number of alkyl halides is 3. The van der Waals surface area contributed by atoms with E-state index in [9.17, 15) is 13.2 Å². The molecule has 1 aromatic carbocycles. The van der Waals surface area contributed by atoms with Gasteiger partial charge >= 0.3 is 6.18 Å². The molecule has 0 saturated heterocycles. The Morgan fingerprint density at radius 3 is 1.73 bits per heavy atom. The molecule has 0 nitrogen and oxygen atoms in total. The molecular weight excluding hydrogens is 285 g/mol.